The van der Waals surface area contributed by atoms with Gasteiger partial charge in [-0.3, -0.25) is 0 Å². The van der Waals surface area contributed by atoms with E-state index >= 15 is 0 Å². The second kappa shape index (κ2) is 10.1. The van der Waals surface area contributed by atoms with Crippen LogP contribution in [-0.4, -0.2) is 45.5 Å². The Morgan fingerprint density at radius 2 is 1.91 bits per heavy atom. The summed E-state index contributed by atoms with van der Waals surface area (Å²) >= 11 is 7.36. The topological polar surface area (TPSA) is 78.6 Å². The van der Waals surface area contributed by atoms with Crippen LogP contribution in [0.1, 0.15) is 12.5 Å². The van der Waals surface area contributed by atoms with E-state index in [4.69, 9.17) is 16.3 Å². The quantitative estimate of drug-likeness (QED) is 0.336. The summed E-state index contributed by atoms with van der Waals surface area (Å²) in [5, 5.41) is 14.2. The molecule has 1 aliphatic rings. The maximum atomic E-state index is 12.7. The van der Waals surface area contributed by atoms with Gasteiger partial charge in [0.05, 0.1) is 17.9 Å². The smallest absolute Gasteiger partial charge is 0.387 e. The van der Waals surface area contributed by atoms with E-state index in [0.29, 0.717) is 33.0 Å². The zero-order chi connectivity index (χ0) is 23.4. The van der Waals surface area contributed by atoms with Crippen LogP contribution in [0.25, 0.3) is 17.5 Å². The molecule has 0 N–H and O–H groups in total. The molecule has 33 heavy (non-hydrogen) atoms. The average Bonchev–Trinajstić information content (AvgIpc) is 3.22. The van der Waals surface area contributed by atoms with Crippen LogP contribution in [0, 0.1) is 0 Å². The lowest BCUT2D eigenvalue weighted by atomic mass is 10.1. The van der Waals surface area contributed by atoms with Crippen molar-refractivity contribution in [3.8, 4) is 17.1 Å². The van der Waals surface area contributed by atoms with Gasteiger partial charge in [-0.1, -0.05) is 35.5 Å². The van der Waals surface area contributed by atoms with Crippen molar-refractivity contribution in [1.29, 1.82) is 0 Å². The summed E-state index contributed by atoms with van der Waals surface area (Å²) in [4.78, 5) is 12.7. The fraction of sp³-hybridized carbons (Fsp3) is 0.182. The van der Waals surface area contributed by atoms with E-state index in [1.807, 2.05) is 0 Å². The third kappa shape index (κ3) is 5.40. The maximum absolute atomic E-state index is 12.7. The van der Waals surface area contributed by atoms with Crippen LogP contribution in [-0.2, 0) is 9.53 Å². The van der Waals surface area contributed by atoms with Crippen molar-refractivity contribution in [2.45, 2.75) is 18.7 Å². The molecule has 0 spiro atoms. The van der Waals surface area contributed by atoms with Crippen molar-refractivity contribution in [3.63, 3.8) is 0 Å². The van der Waals surface area contributed by atoms with Gasteiger partial charge in [-0.2, -0.15) is 18.6 Å². The van der Waals surface area contributed by atoms with E-state index in [1.54, 1.807) is 54.1 Å². The second-order valence-electron chi connectivity index (χ2n) is 6.69. The minimum absolute atomic E-state index is 0.0205. The highest BCUT2D eigenvalue weighted by atomic mass is 35.5. The number of benzene rings is 2. The molecule has 0 saturated carbocycles. The number of halogens is 3. The third-order valence-corrected chi connectivity index (χ3v) is 5.68. The Hall–Kier alpha value is -3.24. The summed E-state index contributed by atoms with van der Waals surface area (Å²) < 4.78 is 36.0. The molecule has 0 amide bonds. The van der Waals surface area contributed by atoms with Crippen LogP contribution in [0.3, 0.4) is 0 Å². The van der Waals surface area contributed by atoms with Gasteiger partial charge in [0.15, 0.2) is 5.82 Å². The van der Waals surface area contributed by atoms with E-state index in [9.17, 15) is 13.6 Å². The summed E-state index contributed by atoms with van der Waals surface area (Å²) in [6.07, 6.45) is 1.60. The molecule has 0 saturated heterocycles. The number of ether oxygens (including phenoxy) is 2. The van der Waals surface area contributed by atoms with E-state index in [-0.39, 0.29) is 17.9 Å². The number of hydrogen-bond acceptors (Lipinski definition) is 7. The van der Waals surface area contributed by atoms with Gasteiger partial charge in [0.2, 0.25) is 5.16 Å². The number of carbonyl (C=O) groups excluding carboxylic acids is 1. The highest BCUT2D eigenvalue weighted by Crippen LogP contribution is 2.30. The monoisotopic (exact) mass is 490 g/mol. The van der Waals surface area contributed by atoms with Crippen LogP contribution in [0.2, 0.25) is 5.02 Å². The number of carbonyl (C=O) groups is 1. The number of esters is 1. The Labute approximate surface area is 197 Å². The first kappa shape index (κ1) is 22.9. The molecular weight excluding hydrogens is 474 g/mol. The molecule has 2 aromatic carbocycles. The molecule has 0 atom stereocenters. The number of fused-ring (bicyclic) bond motifs is 1. The van der Waals surface area contributed by atoms with Crippen LogP contribution in [0.5, 0.6) is 5.75 Å². The molecule has 1 aromatic heterocycles. The van der Waals surface area contributed by atoms with Gasteiger partial charge in [-0.05, 0) is 55.0 Å². The average molecular weight is 491 g/mol. The van der Waals surface area contributed by atoms with E-state index in [2.05, 4.69) is 20.0 Å². The Morgan fingerprint density at radius 3 is 2.58 bits per heavy atom. The Balaban J connectivity index is 1.71. The van der Waals surface area contributed by atoms with Gasteiger partial charge in [0.1, 0.15) is 5.75 Å². The summed E-state index contributed by atoms with van der Waals surface area (Å²) in [5.74, 6) is 0.347. The SMILES string of the molecule is CCOC(=O)/C(=C\c1ccc(OC(F)F)cc1)C1=Nn2c(nnc2-c2ccc(Cl)cc2)SC1. The Morgan fingerprint density at radius 1 is 1.18 bits per heavy atom. The molecule has 0 radical (unpaired) electrons. The Kier molecular flexibility index (Phi) is 7.05. The Bertz CT molecular complexity index is 1210. The lowest BCUT2D eigenvalue weighted by molar-refractivity contribution is -0.137. The first-order valence-electron chi connectivity index (χ1n) is 9.80. The van der Waals surface area contributed by atoms with Crippen molar-refractivity contribution in [2.24, 2.45) is 5.10 Å². The molecule has 0 aliphatic carbocycles. The number of nitrogens with zero attached hydrogens (tertiary/aromatic N) is 4. The summed E-state index contributed by atoms with van der Waals surface area (Å²) in [6, 6.07) is 13.0. The van der Waals surface area contributed by atoms with Gasteiger partial charge in [-0.15, -0.1) is 10.2 Å². The van der Waals surface area contributed by atoms with Crippen molar-refractivity contribution < 1.29 is 23.0 Å². The predicted molar refractivity (Wildman–Crippen MR) is 122 cm³/mol. The lowest BCUT2D eigenvalue weighted by Gasteiger charge is -2.16. The molecule has 7 nitrogen and oxygen atoms in total. The standard InChI is InChI=1S/C22H17ClF2N4O3S/c1-2-31-20(30)17(11-13-3-9-16(10-4-13)32-21(24)25)18-12-33-22-27-26-19(29(22)28-18)14-5-7-15(23)8-6-14/h3-11,21H,2,12H2,1H3/b17-11-. The van der Waals surface area contributed by atoms with Gasteiger partial charge >= 0.3 is 12.6 Å². The normalized spacial score (nSPS) is 13.5. The number of hydrogen-bond donors (Lipinski definition) is 0. The van der Waals surface area contributed by atoms with Gasteiger partial charge in [0, 0.05) is 16.3 Å². The molecule has 170 valence electrons. The molecule has 0 fully saturated rings. The molecule has 1 aliphatic heterocycles. The molecule has 3 aromatic rings. The highest BCUT2D eigenvalue weighted by molar-refractivity contribution is 7.99. The largest absolute Gasteiger partial charge is 0.462 e. The van der Waals surface area contributed by atoms with Crippen LogP contribution in [0.15, 0.2) is 64.4 Å². The molecule has 11 heteroatoms. The molecule has 0 unspecified atom stereocenters. The third-order valence-electron chi connectivity index (χ3n) is 4.50. The molecule has 4 rings (SSSR count). The predicted octanol–water partition coefficient (Wildman–Crippen LogP) is 5.16. The molecular formula is C22H17ClF2N4O3S. The zero-order valence-electron chi connectivity index (χ0n) is 17.2. The van der Waals surface area contributed by atoms with Crippen LogP contribution >= 0.6 is 23.4 Å². The van der Waals surface area contributed by atoms with Crippen molar-refractivity contribution >= 4 is 41.1 Å². The van der Waals surface area contributed by atoms with Crippen LogP contribution < -0.4 is 4.74 Å². The van der Waals surface area contributed by atoms with E-state index in [1.165, 1.54) is 23.9 Å². The van der Waals surface area contributed by atoms with Gasteiger partial charge in [0.25, 0.3) is 0 Å². The first-order valence-corrected chi connectivity index (χ1v) is 11.2. The van der Waals surface area contributed by atoms with E-state index < -0.39 is 12.6 Å². The van der Waals surface area contributed by atoms with E-state index in [0.717, 1.165) is 5.56 Å². The maximum Gasteiger partial charge on any atom is 0.387 e. The number of aromatic nitrogens is 3. The van der Waals surface area contributed by atoms with Gasteiger partial charge < -0.3 is 9.47 Å². The summed E-state index contributed by atoms with van der Waals surface area (Å²) in [5.41, 5.74) is 2.07. The zero-order valence-corrected chi connectivity index (χ0v) is 18.8. The second-order valence-corrected chi connectivity index (χ2v) is 8.07. The highest BCUT2D eigenvalue weighted by Gasteiger charge is 2.25. The van der Waals surface area contributed by atoms with Crippen molar-refractivity contribution in [1.82, 2.24) is 14.9 Å². The summed E-state index contributed by atoms with van der Waals surface area (Å²) in [7, 11) is 0. The number of rotatable bonds is 7. The number of alkyl halides is 2. The minimum Gasteiger partial charge on any atom is -0.462 e. The summed E-state index contributed by atoms with van der Waals surface area (Å²) in [6.45, 7) is -1.02. The fourth-order valence-corrected chi connectivity index (χ4v) is 3.97. The first-order chi connectivity index (χ1) is 15.9. The fourth-order valence-electron chi connectivity index (χ4n) is 3.02. The van der Waals surface area contributed by atoms with Gasteiger partial charge in [-0.25, -0.2) is 4.79 Å². The minimum atomic E-state index is -2.91. The van der Waals surface area contributed by atoms with Crippen molar-refractivity contribution in [3.05, 3.63) is 64.7 Å². The van der Waals surface area contributed by atoms with Crippen LogP contribution in [0.4, 0.5) is 8.78 Å². The van der Waals surface area contributed by atoms with Crippen molar-refractivity contribution in [2.75, 3.05) is 12.4 Å². The molecule has 2 heterocycles. The number of thioether (sulfide) groups is 1. The molecule has 0 bridgehead atoms. The lowest BCUT2D eigenvalue weighted by Crippen LogP contribution is -2.21.